The highest BCUT2D eigenvalue weighted by Crippen LogP contribution is 2.39. The first-order valence-corrected chi connectivity index (χ1v) is 5.56. The molecule has 1 saturated carbocycles. The van der Waals surface area contributed by atoms with Crippen LogP contribution in [0.4, 0.5) is 4.39 Å². The van der Waals surface area contributed by atoms with E-state index in [1.807, 2.05) is 6.07 Å². The minimum absolute atomic E-state index is 0.265. The van der Waals surface area contributed by atoms with Crippen molar-refractivity contribution in [2.75, 3.05) is 0 Å². The highest BCUT2D eigenvalue weighted by molar-refractivity contribution is 6.16. The van der Waals surface area contributed by atoms with Crippen LogP contribution in [0.5, 0.6) is 0 Å². The molecule has 4 heteroatoms. The smallest absolute Gasteiger partial charge is 0.151 e. The van der Waals surface area contributed by atoms with Gasteiger partial charge in [0.05, 0.1) is 11.4 Å². The van der Waals surface area contributed by atoms with Gasteiger partial charge in [-0.1, -0.05) is 6.07 Å². The molecule has 0 atom stereocenters. The van der Waals surface area contributed by atoms with E-state index in [-0.39, 0.29) is 5.82 Å². The maximum atomic E-state index is 13.5. The molecule has 1 aromatic carbocycles. The van der Waals surface area contributed by atoms with Crippen LogP contribution in [0.15, 0.2) is 18.2 Å². The molecule has 2 aromatic rings. The third-order valence-corrected chi connectivity index (χ3v) is 3.01. The quantitative estimate of drug-likeness (QED) is 0.716. The average Bonchev–Trinajstić information content (AvgIpc) is 3.00. The van der Waals surface area contributed by atoms with E-state index in [0.29, 0.717) is 17.4 Å². The summed E-state index contributed by atoms with van der Waals surface area (Å²) in [5.74, 6) is 0.850. The van der Waals surface area contributed by atoms with Crippen molar-refractivity contribution in [2.24, 2.45) is 0 Å². The molecule has 0 spiro atoms. The summed E-state index contributed by atoms with van der Waals surface area (Å²) in [6, 6.07) is 5.53. The van der Waals surface area contributed by atoms with Crippen LogP contribution < -0.4 is 0 Å². The van der Waals surface area contributed by atoms with E-state index < -0.39 is 0 Å². The number of para-hydroxylation sites is 1. The number of halogens is 2. The first-order valence-electron chi connectivity index (χ1n) is 5.02. The van der Waals surface area contributed by atoms with Gasteiger partial charge in [-0.3, -0.25) is 0 Å². The predicted molar refractivity (Wildman–Crippen MR) is 57.5 cm³/mol. The Kier molecular flexibility index (Phi) is 1.96. The summed E-state index contributed by atoms with van der Waals surface area (Å²) >= 11 is 5.82. The predicted octanol–water partition coefficient (Wildman–Crippen LogP) is 3.25. The fourth-order valence-corrected chi connectivity index (χ4v) is 2.15. The molecule has 0 radical (unpaired) electrons. The van der Waals surface area contributed by atoms with Gasteiger partial charge in [-0.2, -0.15) is 0 Å². The van der Waals surface area contributed by atoms with Crippen molar-refractivity contribution in [3.63, 3.8) is 0 Å². The first-order chi connectivity index (χ1) is 7.31. The zero-order valence-corrected chi connectivity index (χ0v) is 8.84. The fraction of sp³-hybridized carbons (Fsp3) is 0.364. The maximum absolute atomic E-state index is 13.5. The summed E-state index contributed by atoms with van der Waals surface area (Å²) < 4.78 is 15.6. The minimum Gasteiger partial charge on any atom is -0.324 e. The average molecular weight is 225 g/mol. The Bertz CT molecular complexity index is 517. The number of aromatic nitrogens is 2. The summed E-state index contributed by atoms with van der Waals surface area (Å²) in [6.45, 7) is 0. The van der Waals surface area contributed by atoms with Gasteiger partial charge in [-0.05, 0) is 25.0 Å². The van der Waals surface area contributed by atoms with E-state index >= 15 is 0 Å². The summed E-state index contributed by atoms with van der Waals surface area (Å²) in [5, 5.41) is 0. The van der Waals surface area contributed by atoms with Crippen molar-refractivity contribution in [2.45, 2.75) is 24.8 Å². The van der Waals surface area contributed by atoms with Crippen molar-refractivity contribution in [3.8, 4) is 0 Å². The molecule has 1 heterocycles. The highest BCUT2D eigenvalue weighted by atomic mass is 35.5. The SMILES string of the molecule is Fc1cccc2c1nc(CCl)n2C1CC1. The van der Waals surface area contributed by atoms with Gasteiger partial charge < -0.3 is 4.57 Å². The molecule has 1 fully saturated rings. The van der Waals surface area contributed by atoms with E-state index in [1.54, 1.807) is 6.07 Å². The molecule has 0 unspecified atom stereocenters. The number of alkyl halides is 1. The van der Waals surface area contributed by atoms with Gasteiger partial charge in [0.25, 0.3) is 0 Å². The monoisotopic (exact) mass is 224 g/mol. The van der Waals surface area contributed by atoms with Gasteiger partial charge in [-0.15, -0.1) is 11.6 Å². The zero-order chi connectivity index (χ0) is 10.4. The molecule has 15 heavy (non-hydrogen) atoms. The van der Waals surface area contributed by atoms with E-state index in [4.69, 9.17) is 11.6 Å². The Labute approximate surface area is 91.7 Å². The van der Waals surface area contributed by atoms with Crippen molar-refractivity contribution >= 4 is 22.6 Å². The van der Waals surface area contributed by atoms with Gasteiger partial charge >= 0.3 is 0 Å². The molecule has 3 rings (SSSR count). The normalized spacial score (nSPS) is 16.1. The number of hydrogen-bond acceptors (Lipinski definition) is 1. The Morgan fingerprint density at radius 2 is 2.27 bits per heavy atom. The number of hydrogen-bond donors (Lipinski definition) is 0. The molecule has 2 nitrogen and oxygen atoms in total. The van der Waals surface area contributed by atoms with Crippen molar-refractivity contribution < 1.29 is 4.39 Å². The third kappa shape index (κ3) is 1.34. The molecule has 1 aliphatic rings. The number of imidazole rings is 1. The topological polar surface area (TPSA) is 17.8 Å². The number of rotatable bonds is 2. The van der Waals surface area contributed by atoms with E-state index in [0.717, 1.165) is 24.2 Å². The van der Waals surface area contributed by atoms with Crippen molar-refractivity contribution in [1.82, 2.24) is 9.55 Å². The van der Waals surface area contributed by atoms with Crippen LogP contribution in [0.25, 0.3) is 11.0 Å². The number of fused-ring (bicyclic) bond motifs is 1. The molecule has 0 N–H and O–H groups in total. The second-order valence-electron chi connectivity index (χ2n) is 3.87. The lowest BCUT2D eigenvalue weighted by atomic mass is 10.3. The van der Waals surface area contributed by atoms with Gasteiger partial charge in [0.1, 0.15) is 11.3 Å². The van der Waals surface area contributed by atoms with Gasteiger partial charge in [-0.25, -0.2) is 9.37 Å². The zero-order valence-electron chi connectivity index (χ0n) is 8.08. The molecule has 0 amide bonds. The van der Waals surface area contributed by atoms with E-state index in [9.17, 15) is 4.39 Å². The van der Waals surface area contributed by atoms with E-state index in [1.165, 1.54) is 6.07 Å². The van der Waals surface area contributed by atoms with Crippen LogP contribution in [0.1, 0.15) is 24.7 Å². The summed E-state index contributed by atoms with van der Waals surface area (Å²) in [5.41, 5.74) is 1.31. The standard InChI is InChI=1S/C11H10ClFN2/c12-6-10-14-11-8(13)2-1-3-9(11)15(10)7-4-5-7/h1-3,7H,4-6H2. The Hall–Kier alpha value is -1.09. The third-order valence-electron chi connectivity index (χ3n) is 2.78. The van der Waals surface area contributed by atoms with Crippen LogP contribution in [0, 0.1) is 5.82 Å². The Balaban J connectivity index is 2.33. The summed E-state index contributed by atoms with van der Waals surface area (Å²) in [7, 11) is 0. The molecule has 0 saturated heterocycles. The fourth-order valence-electron chi connectivity index (χ4n) is 1.97. The van der Waals surface area contributed by atoms with Crippen LogP contribution in [0.2, 0.25) is 0 Å². The maximum Gasteiger partial charge on any atom is 0.151 e. The minimum atomic E-state index is -0.265. The Morgan fingerprint density at radius 1 is 1.47 bits per heavy atom. The second kappa shape index (κ2) is 3.20. The lowest BCUT2D eigenvalue weighted by Crippen LogP contribution is -1.98. The number of nitrogens with zero attached hydrogens (tertiary/aromatic N) is 2. The molecule has 0 bridgehead atoms. The van der Waals surface area contributed by atoms with Gasteiger partial charge in [0, 0.05) is 6.04 Å². The van der Waals surface area contributed by atoms with Crippen molar-refractivity contribution in [3.05, 3.63) is 29.8 Å². The lowest BCUT2D eigenvalue weighted by Gasteiger charge is -2.04. The van der Waals surface area contributed by atoms with E-state index in [2.05, 4.69) is 9.55 Å². The summed E-state index contributed by atoms with van der Waals surface area (Å²) in [6.07, 6.45) is 2.29. The van der Waals surface area contributed by atoms with Crippen LogP contribution in [-0.4, -0.2) is 9.55 Å². The Morgan fingerprint density at radius 3 is 2.93 bits per heavy atom. The first kappa shape index (κ1) is 9.16. The number of benzene rings is 1. The molecule has 0 aliphatic heterocycles. The van der Waals surface area contributed by atoms with Crippen molar-refractivity contribution in [1.29, 1.82) is 0 Å². The van der Waals surface area contributed by atoms with Gasteiger partial charge in [0.2, 0.25) is 0 Å². The van der Waals surface area contributed by atoms with Gasteiger partial charge in [0.15, 0.2) is 5.82 Å². The molecule has 78 valence electrons. The van der Waals surface area contributed by atoms with Crippen LogP contribution in [-0.2, 0) is 5.88 Å². The molecule has 1 aromatic heterocycles. The highest BCUT2D eigenvalue weighted by Gasteiger charge is 2.28. The van der Waals surface area contributed by atoms with Crippen LogP contribution >= 0.6 is 11.6 Å². The largest absolute Gasteiger partial charge is 0.324 e. The van der Waals surface area contributed by atoms with Crippen LogP contribution in [0.3, 0.4) is 0 Å². The lowest BCUT2D eigenvalue weighted by molar-refractivity contribution is 0.637. The summed E-state index contributed by atoms with van der Waals surface area (Å²) in [4.78, 5) is 4.25. The second-order valence-corrected chi connectivity index (χ2v) is 4.14. The molecule has 1 aliphatic carbocycles. The molecular formula is C11H10ClFN2. The molecular weight excluding hydrogens is 215 g/mol.